The zero-order chi connectivity index (χ0) is 17.8. The van der Waals surface area contributed by atoms with Crippen LogP contribution >= 0.6 is 0 Å². The summed E-state index contributed by atoms with van der Waals surface area (Å²) in [5, 5.41) is 24.0. The van der Waals surface area contributed by atoms with E-state index in [1.54, 1.807) is 24.3 Å². The van der Waals surface area contributed by atoms with Crippen molar-refractivity contribution in [3.05, 3.63) is 52.1 Å². The van der Waals surface area contributed by atoms with Crippen LogP contribution < -0.4 is 16.4 Å². The molecule has 0 radical (unpaired) electrons. The SMILES string of the molecule is NCCNC(=O)c1ccc(Nc2ccc([N+](=O)[O-])c3nonc23)cc1. The number of carbonyl (C=O) groups is 1. The third kappa shape index (κ3) is 3.38. The molecule has 1 amide bonds. The van der Waals surface area contributed by atoms with Crippen molar-refractivity contribution in [2.45, 2.75) is 0 Å². The molecule has 0 saturated carbocycles. The van der Waals surface area contributed by atoms with E-state index in [9.17, 15) is 14.9 Å². The lowest BCUT2D eigenvalue weighted by molar-refractivity contribution is -0.383. The number of fused-ring (bicyclic) bond motifs is 1. The molecule has 1 heterocycles. The summed E-state index contributed by atoms with van der Waals surface area (Å²) in [6.07, 6.45) is 0. The Labute approximate surface area is 141 Å². The molecule has 25 heavy (non-hydrogen) atoms. The van der Waals surface area contributed by atoms with Crippen LogP contribution in [0.5, 0.6) is 0 Å². The summed E-state index contributed by atoms with van der Waals surface area (Å²) in [5.41, 5.74) is 7.14. The number of nitrogens with two attached hydrogens (primary N) is 1. The number of nitrogens with zero attached hydrogens (tertiary/aromatic N) is 3. The Morgan fingerprint density at radius 1 is 1.16 bits per heavy atom. The smallest absolute Gasteiger partial charge is 0.300 e. The van der Waals surface area contributed by atoms with Crippen molar-refractivity contribution in [1.82, 2.24) is 15.6 Å². The molecule has 10 heteroatoms. The summed E-state index contributed by atoms with van der Waals surface area (Å²) in [6.45, 7) is 0.770. The minimum absolute atomic E-state index is 0.0628. The van der Waals surface area contributed by atoms with E-state index in [-0.39, 0.29) is 22.6 Å². The Morgan fingerprint density at radius 2 is 1.88 bits per heavy atom. The molecule has 3 aromatic rings. The number of nitro groups is 1. The van der Waals surface area contributed by atoms with Crippen molar-refractivity contribution in [3.8, 4) is 0 Å². The minimum atomic E-state index is -0.551. The molecule has 2 aromatic carbocycles. The number of amides is 1. The standard InChI is InChI=1S/C15H14N6O4/c16-7-8-17-15(22)9-1-3-10(4-2-9)18-11-5-6-12(21(23)24)14-13(11)19-25-20-14/h1-6,18H,7-8,16H2,(H,17,22). The predicted molar refractivity (Wildman–Crippen MR) is 89.6 cm³/mol. The van der Waals surface area contributed by atoms with E-state index in [1.807, 2.05) is 0 Å². The van der Waals surface area contributed by atoms with E-state index < -0.39 is 4.92 Å². The fourth-order valence-corrected chi connectivity index (χ4v) is 2.25. The molecule has 128 valence electrons. The van der Waals surface area contributed by atoms with E-state index in [4.69, 9.17) is 5.73 Å². The number of carbonyl (C=O) groups excluding carboxylic acids is 1. The van der Waals surface area contributed by atoms with Crippen molar-refractivity contribution in [2.75, 3.05) is 18.4 Å². The number of benzene rings is 2. The van der Waals surface area contributed by atoms with Gasteiger partial charge in [-0.25, -0.2) is 4.63 Å². The molecule has 4 N–H and O–H groups in total. The monoisotopic (exact) mass is 342 g/mol. The molecule has 0 unspecified atom stereocenters. The maximum absolute atomic E-state index is 11.8. The first kappa shape index (κ1) is 16.3. The van der Waals surface area contributed by atoms with Crippen LogP contribution in [0, 0.1) is 10.1 Å². The Bertz CT molecular complexity index is 921. The molecule has 3 rings (SSSR count). The van der Waals surface area contributed by atoms with Crippen molar-refractivity contribution >= 4 is 34.0 Å². The molecule has 1 aromatic heterocycles. The number of aromatic nitrogens is 2. The maximum Gasteiger partial charge on any atom is 0.300 e. The summed E-state index contributed by atoms with van der Waals surface area (Å²) >= 11 is 0. The highest BCUT2D eigenvalue weighted by atomic mass is 16.6. The van der Waals surface area contributed by atoms with Gasteiger partial charge in [-0.3, -0.25) is 14.9 Å². The number of nitro benzene ring substituents is 1. The van der Waals surface area contributed by atoms with Crippen LogP contribution in [0.4, 0.5) is 17.1 Å². The van der Waals surface area contributed by atoms with Crippen LogP contribution in [-0.4, -0.2) is 34.2 Å². The largest absolute Gasteiger partial charge is 0.354 e. The highest BCUT2D eigenvalue weighted by Gasteiger charge is 2.19. The Kier molecular flexibility index (Phi) is 4.53. The van der Waals surface area contributed by atoms with Gasteiger partial charge in [0.05, 0.1) is 10.6 Å². The van der Waals surface area contributed by atoms with Gasteiger partial charge in [0.2, 0.25) is 5.52 Å². The second-order valence-corrected chi connectivity index (χ2v) is 5.10. The maximum atomic E-state index is 11.8. The molecule has 0 bridgehead atoms. The quantitative estimate of drug-likeness (QED) is 0.451. The summed E-state index contributed by atoms with van der Waals surface area (Å²) < 4.78 is 4.61. The van der Waals surface area contributed by atoms with Crippen LogP contribution in [0.15, 0.2) is 41.0 Å². The Hall–Kier alpha value is -3.53. The van der Waals surface area contributed by atoms with Gasteiger partial charge in [0.15, 0.2) is 5.52 Å². The van der Waals surface area contributed by atoms with Gasteiger partial charge >= 0.3 is 5.69 Å². The molecular weight excluding hydrogens is 328 g/mol. The number of nitrogens with one attached hydrogen (secondary N) is 2. The second kappa shape index (κ2) is 6.93. The predicted octanol–water partition coefficient (Wildman–Crippen LogP) is 1.56. The van der Waals surface area contributed by atoms with Gasteiger partial charge in [-0.1, -0.05) is 0 Å². The molecule has 0 aliphatic rings. The highest BCUT2D eigenvalue weighted by Crippen LogP contribution is 2.30. The van der Waals surface area contributed by atoms with Gasteiger partial charge in [0.1, 0.15) is 0 Å². The first-order chi connectivity index (χ1) is 12.1. The number of hydrogen-bond donors (Lipinski definition) is 3. The van der Waals surface area contributed by atoms with Crippen molar-refractivity contribution in [3.63, 3.8) is 0 Å². The van der Waals surface area contributed by atoms with Gasteiger partial charge in [0, 0.05) is 30.4 Å². The van der Waals surface area contributed by atoms with Gasteiger partial charge < -0.3 is 16.4 Å². The summed E-state index contributed by atoms with van der Waals surface area (Å²) in [7, 11) is 0. The number of non-ortho nitro benzene ring substituents is 1. The van der Waals surface area contributed by atoms with Crippen LogP contribution in [0.1, 0.15) is 10.4 Å². The molecular formula is C15H14N6O4. The molecule has 0 spiro atoms. The molecule has 0 aliphatic heterocycles. The first-order valence-electron chi connectivity index (χ1n) is 7.35. The number of hydrogen-bond acceptors (Lipinski definition) is 8. The van der Waals surface area contributed by atoms with Crippen LogP contribution in [0.2, 0.25) is 0 Å². The second-order valence-electron chi connectivity index (χ2n) is 5.10. The van der Waals surface area contributed by atoms with Crippen LogP contribution in [-0.2, 0) is 0 Å². The minimum Gasteiger partial charge on any atom is -0.354 e. The molecule has 0 aliphatic carbocycles. The van der Waals surface area contributed by atoms with Crippen LogP contribution in [0.25, 0.3) is 11.0 Å². The zero-order valence-electron chi connectivity index (χ0n) is 12.9. The van der Waals surface area contributed by atoms with E-state index in [2.05, 4.69) is 25.6 Å². The third-order valence-electron chi connectivity index (χ3n) is 3.45. The van der Waals surface area contributed by atoms with Crippen molar-refractivity contribution in [2.24, 2.45) is 5.73 Å². The van der Waals surface area contributed by atoms with E-state index in [1.165, 1.54) is 12.1 Å². The fourth-order valence-electron chi connectivity index (χ4n) is 2.25. The van der Waals surface area contributed by atoms with E-state index >= 15 is 0 Å². The van der Waals surface area contributed by atoms with Gasteiger partial charge in [-0.05, 0) is 40.6 Å². The summed E-state index contributed by atoms with van der Waals surface area (Å²) in [5.74, 6) is -0.213. The molecule has 0 fully saturated rings. The first-order valence-corrected chi connectivity index (χ1v) is 7.35. The summed E-state index contributed by atoms with van der Waals surface area (Å²) in [4.78, 5) is 22.3. The Balaban J connectivity index is 1.82. The molecule has 0 atom stereocenters. The van der Waals surface area contributed by atoms with Gasteiger partial charge in [-0.2, -0.15) is 0 Å². The Morgan fingerprint density at radius 3 is 2.56 bits per heavy atom. The fraction of sp³-hybridized carbons (Fsp3) is 0.133. The lowest BCUT2D eigenvalue weighted by atomic mass is 10.1. The topological polar surface area (TPSA) is 149 Å². The van der Waals surface area contributed by atoms with Crippen molar-refractivity contribution in [1.29, 1.82) is 0 Å². The molecule has 0 saturated heterocycles. The van der Waals surface area contributed by atoms with E-state index in [0.29, 0.717) is 30.0 Å². The van der Waals surface area contributed by atoms with Gasteiger partial charge in [-0.15, -0.1) is 0 Å². The number of rotatable bonds is 6. The lowest BCUT2D eigenvalue weighted by Crippen LogP contribution is -2.28. The van der Waals surface area contributed by atoms with Crippen LogP contribution in [0.3, 0.4) is 0 Å². The normalized spacial score (nSPS) is 10.6. The average molecular weight is 342 g/mol. The average Bonchev–Trinajstić information content (AvgIpc) is 3.10. The van der Waals surface area contributed by atoms with Gasteiger partial charge in [0.25, 0.3) is 5.91 Å². The molecule has 10 nitrogen and oxygen atoms in total. The lowest BCUT2D eigenvalue weighted by Gasteiger charge is -2.08. The number of anilines is 2. The highest BCUT2D eigenvalue weighted by molar-refractivity contribution is 5.96. The van der Waals surface area contributed by atoms with Crippen molar-refractivity contribution < 1.29 is 14.3 Å². The third-order valence-corrected chi connectivity index (χ3v) is 3.45. The zero-order valence-corrected chi connectivity index (χ0v) is 12.9. The summed E-state index contributed by atoms with van der Waals surface area (Å²) in [6, 6.07) is 9.56. The van der Waals surface area contributed by atoms with E-state index in [0.717, 1.165) is 0 Å².